The van der Waals surface area contributed by atoms with Crippen LogP contribution >= 0.6 is 15.9 Å². The Labute approximate surface area is 114 Å². The fraction of sp³-hybridized carbons (Fsp3) is 0.500. The maximum atomic E-state index is 12.0. The molecule has 0 aromatic heterocycles. The first-order valence-electron chi connectivity index (χ1n) is 5.58. The number of methoxy groups -OCH3 is 1. The summed E-state index contributed by atoms with van der Waals surface area (Å²) in [5.74, 6) is 0.683. The lowest BCUT2D eigenvalue weighted by Gasteiger charge is -2.05. The zero-order valence-electron chi connectivity index (χ0n) is 9.95. The molecule has 0 spiro atoms. The number of hydrogen-bond acceptors (Lipinski definition) is 3. The molecule has 0 saturated carbocycles. The van der Waals surface area contributed by atoms with Crippen LogP contribution in [0.2, 0.25) is 0 Å². The van der Waals surface area contributed by atoms with Crippen molar-refractivity contribution in [1.82, 2.24) is 5.32 Å². The van der Waals surface area contributed by atoms with E-state index in [4.69, 9.17) is 4.74 Å². The third-order valence-corrected chi connectivity index (χ3v) is 4.71. The highest BCUT2D eigenvalue weighted by atomic mass is 79.9. The SMILES string of the molecule is COCCNCCCS(=O)c1ccccc1Br. The van der Waals surface area contributed by atoms with E-state index >= 15 is 0 Å². The van der Waals surface area contributed by atoms with Crippen LogP contribution in [0.3, 0.4) is 0 Å². The molecule has 1 aromatic carbocycles. The van der Waals surface area contributed by atoms with Crippen LogP contribution in [0.1, 0.15) is 6.42 Å². The van der Waals surface area contributed by atoms with Crippen LogP contribution in [0.25, 0.3) is 0 Å². The predicted octanol–water partition coefficient (Wildman–Crippen LogP) is 2.18. The minimum absolute atomic E-state index is 0.683. The number of benzene rings is 1. The number of hydrogen-bond donors (Lipinski definition) is 1. The Hall–Kier alpha value is -0.230. The van der Waals surface area contributed by atoms with Gasteiger partial charge in [0.1, 0.15) is 0 Å². The fourth-order valence-corrected chi connectivity index (χ4v) is 3.34. The van der Waals surface area contributed by atoms with Gasteiger partial charge in [0.05, 0.1) is 22.3 Å². The predicted molar refractivity (Wildman–Crippen MR) is 74.8 cm³/mol. The normalized spacial score (nSPS) is 12.6. The molecule has 0 aliphatic heterocycles. The quantitative estimate of drug-likeness (QED) is 0.746. The summed E-state index contributed by atoms with van der Waals surface area (Å²) < 4.78 is 17.8. The Morgan fingerprint density at radius 3 is 2.82 bits per heavy atom. The van der Waals surface area contributed by atoms with E-state index in [1.807, 2.05) is 24.3 Å². The second-order valence-corrected chi connectivity index (χ2v) is 5.97. The molecule has 0 saturated heterocycles. The minimum atomic E-state index is -0.920. The van der Waals surface area contributed by atoms with Crippen LogP contribution in [-0.2, 0) is 15.5 Å². The second kappa shape index (κ2) is 8.80. The Bertz CT molecular complexity index is 360. The van der Waals surface area contributed by atoms with Crippen molar-refractivity contribution >= 4 is 26.7 Å². The van der Waals surface area contributed by atoms with Crippen LogP contribution in [0, 0.1) is 0 Å². The van der Waals surface area contributed by atoms with Gasteiger partial charge in [-0.05, 0) is 41.0 Å². The van der Waals surface area contributed by atoms with Crippen LogP contribution in [0.5, 0.6) is 0 Å². The average Bonchev–Trinajstić information content (AvgIpc) is 2.34. The lowest BCUT2D eigenvalue weighted by Crippen LogP contribution is -2.21. The molecule has 1 N–H and O–H groups in total. The van der Waals surface area contributed by atoms with Crippen molar-refractivity contribution in [3.63, 3.8) is 0 Å². The molecule has 1 aromatic rings. The molecule has 0 heterocycles. The molecule has 0 aliphatic carbocycles. The molecule has 0 amide bonds. The Morgan fingerprint density at radius 1 is 1.35 bits per heavy atom. The zero-order valence-corrected chi connectivity index (χ0v) is 12.4. The van der Waals surface area contributed by atoms with E-state index in [-0.39, 0.29) is 0 Å². The first-order chi connectivity index (χ1) is 8.25. The molecule has 5 heteroatoms. The van der Waals surface area contributed by atoms with Gasteiger partial charge in [-0.2, -0.15) is 0 Å². The van der Waals surface area contributed by atoms with Gasteiger partial charge in [0.15, 0.2) is 0 Å². The number of nitrogens with one attached hydrogen (secondary N) is 1. The molecular formula is C12H18BrNO2S. The monoisotopic (exact) mass is 319 g/mol. The highest BCUT2D eigenvalue weighted by Crippen LogP contribution is 2.19. The summed E-state index contributed by atoms with van der Waals surface area (Å²) in [4.78, 5) is 0.879. The molecule has 1 atom stereocenters. The summed E-state index contributed by atoms with van der Waals surface area (Å²) in [6.07, 6.45) is 0.900. The Balaban J connectivity index is 2.24. The summed E-state index contributed by atoms with van der Waals surface area (Å²) in [5, 5.41) is 3.24. The molecule has 17 heavy (non-hydrogen) atoms. The van der Waals surface area contributed by atoms with E-state index in [1.54, 1.807) is 7.11 Å². The van der Waals surface area contributed by atoms with Gasteiger partial charge in [-0.25, -0.2) is 0 Å². The maximum Gasteiger partial charge on any atom is 0.0587 e. The standard InChI is InChI=1S/C12H18BrNO2S/c1-16-9-8-14-7-4-10-17(15)12-6-3-2-5-11(12)13/h2-3,5-6,14H,4,7-10H2,1H3. The third-order valence-electron chi connectivity index (χ3n) is 2.25. The van der Waals surface area contributed by atoms with Crippen LogP contribution in [-0.4, -0.2) is 36.8 Å². The fourth-order valence-electron chi connectivity index (χ4n) is 1.37. The van der Waals surface area contributed by atoms with Crippen molar-refractivity contribution in [2.75, 3.05) is 32.6 Å². The summed E-state index contributed by atoms with van der Waals surface area (Å²) in [7, 11) is 0.764. The molecular weight excluding hydrogens is 302 g/mol. The van der Waals surface area contributed by atoms with Crippen molar-refractivity contribution in [3.05, 3.63) is 28.7 Å². The Morgan fingerprint density at radius 2 is 2.12 bits per heavy atom. The zero-order chi connectivity index (χ0) is 12.5. The van der Waals surface area contributed by atoms with Gasteiger partial charge in [-0.15, -0.1) is 0 Å². The number of rotatable bonds is 8. The highest BCUT2D eigenvalue weighted by molar-refractivity contribution is 9.10. The van der Waals surface area contributed by atoms with E-state index in [9.17, 15) is 4.21 Å². The summed E-state index contributed by atoms with van der Waals surface area (Å²) in [5.41, 5.74) is 0. The van der Waals surface area contributed by atoms with Gasteiger partial charge in [-0.1, -0.05) is 12.1 Å². The molecule has 96 valence electrons. The summed E-state index contributed by atoms with van der Waals surface area (Å²) in [6, 6.07) is 7.66. The molecule has 0 fully saturated rings. The highest BCUT2D eigenvalue weighted by Gasteiger charge is 2.06. The lowest BCUT2D eigenvalue weighted by molar-refractivity contribution is 0.199. The van der Waals surface area contributed by atoms with E-state index in [0.717, 1.165) is 28.9 Å². The van der Waals surface area contributed by atoms with Crippen molar-refractivity contribution in [1.29, 1.82) is 0 Å². The van der Waals surface area contributed by atoms with Gasteiger partial charge in [0.2, 0.25) is 0 Å². The third kappa shape index (κ3) is 5.77. The molecule has 0 radical (unpaired) electrons. The molecule has 1 unspecified atom stereocenters. The first kappa shape index (κ1) is 14.8. The summed E-state index contributed by atoms with van der Waals surface area (Å²) >= 11 is 3.41. The van der Waals surface area contributed by atoms with Crippen LogP contribution in [0.15, 0.2) is 33.6 Å². The maximum absolute atomic E-state index is 12.0. The number of ether oxygens (including phenoxy) is 1. The van der Waals surface area contributed by atoms with E-state index < -0.39 is 10.8 Å². The van der Waals surface area contributed by atoms with Gasteiger partial charge in [0.25, 0.3) is 0 Å². The largest absolute Gasteiger partial charge is 0.383 e. The van der Waals surface area contributed by atoms with Crippen molar-refractivity contribution < 1.29 is 8.95 Å². The molecule has 3 nitrogen and oxygen atoms in total. The minimum Gasteiger partial charge on any atom is -0.383 e. The van der Waals surface area contributed by atoms with Gasteiger partial charge < -0.3 is 10.1 Å². The summed E-state index contributed by atoms with van der Waals surface area (Å²) in [6.45, 7) is 2.44. The van der Waals surface area contributed by atoms with E-state index in [1.165, 1.54) is 0 Å². The van der Waals surface area contributed by atoms with Gasteiger partial charge in [-0.3, -0.25) is 4.21 Å². The van der Waals surface area contributed by atoms with E-state index in [2.05, 4.69) is 21.2 Å². The first-order valence-corrected chi connectivity index (χ1v) is 7.69. The molecule has 0 aliphatic rings. The topological polar surface area (TPSA) is 38.3 Å². The van der Waals surface area contributed by atoms with Crippen molar-refractivity contribution in [2.45, 2.75) is 11.3 Å². The average molecular weight is 320 g/mol. The second-order valence-electron chi connectivity index (χ2n) is 3.58. The van der Waals surface area contributed by atoms with Crippen LogP contribution in [0.4, 0.5) is 0 Å². The van der Waals surface area contributed by atoms with E-state index in [0.29, 0.717) is 12.4 Å². The smallest absolute Gasteiger partial charge is 0.0587 e. The van der Waals surface area contributed by atoms with Crippen LogP contribution < -0.4 is 5.32 Å². The van der Waals surface area contributed by atoms with Crippen molar-refractivity contribution in [3.8, 4) is 0 Å². The van der Waals surface area contributed by atoms with Gasteiger partial charge in [0, 0.05) is 23.9 Å². The number of halogens is 1. The lowest BCUT2D eigenvalue weighted by atomic mass is 10.4. The van der Waals surface area contributed by atoms with Crippen molar-refractivity contribution in [2.24, 2.45) is 0 Å². The molecule has 0 bridgehead atoms. The van der Waals surface area contributed by atoms with Gasteiger partial charge >= 0.3 is 0 Å². The molecule has 1 rings (SSSR count). The Kier molecular flexibility index (Phi) is 7.68.